The van der Waals surface area contributed by atoms with Crippen molar-refractivity contribution >= 4 is 17.5 Å². The van der Waals surface area contributed by atoms with Gasteiger partial charge >= 0.3 is 0 Å². The molecule has 34 heavy (non-hydrogen) atoms. The number of amides is 1. The predicted octanol–water partition coefficient (Wildman–Crippen LogP) is 6.03. The Labute approximate surface area is 202 Å². The monoisotopic (exact) mass is 477 g/mol. The molecule has 0 spiro atoms. The lowest BCUT2D eigenvalue weighted by molar-refractivity contribution is 0.0696. The number of hydrogen-bond donors (Lipinski definition) is 0. The van der Waals surface area contributed by atoms with E-state index in [4.69, 9.17) is 30.6 Å². The third-order valence-corrected chi connectivity index (χ3v) is 6.05. The summed E-state index contributed by atoms with van der Waals surface area (Å²) < 4.78 is 19.0. The van der Waals surface area contributed by atoms with E-state index in [0.29, 0.717) is 34.7 Å². The van der Waals surface area contributed by atoms with Gasteiger partial charge in [-0.05, 0) is 68.3 Å². The fourth-order valence-corrected chi connectivity index (χ4v) is 3.98. The zero-order valence-corrected chi connectivity index (χ0v) is 19.7. The van der Waals surface area contributed by atoms with Crippen molar-refractivity contribution in [3.05, 3.63) is 89.0 Å². The molecule has 8 heteroatoms. The Hall–Kier alpha value is -3.71. The fraction of sp³-hybridized carbons (Fsp3) is 0.231. The largest absolute Gasteiger partial charge is 0.493 e. The topological polar surface area (TPSA) is 69.7 Å². The van der Waals surface area contributed by atoms with E-state index in [1.54, 1.807) is 36.1 Å². The van der Waals surface area contributed by atoms with Crippen molar-refractivity contribution in [2.75, 3.05) is 7.11 Å². The van der Waals surface area contributed by atoms with Gasteiger partial charge in [-0.3, -0.25) is 4.79 Å². The van der Waals surface area contributed by atoms with Crippen LogP contribution in [-0.2, 0) is 6.54 Å². The maximum Gasteiger partial charge on any atom is 0.290 e. The van der Waals surface area contributed by atoms with E-state index in [-0.39, 0.29) is 11.9 Å². The van der Waals surface area contributed by atoms with Crippen LogP contribution in [0, 0.1) is 6.92 Å². The normalized spacial score (nSPS) is 13.0. The summed E-state index contributed by atoms with van der Waals surface area (Å²) in [7, 11) is 1.60. The van der Waals surface area contributed by atoms with Crippen molar-refractivity contribution < 1.29 is 18.7 Å². The van der Waals surface area contributed by atoms with E-state index < -0.39 is 0 Å². The molecule has 2 aromatic carbocycles. The van der Waals surface area contributed by atoms with Gasteiger partial charge in [-0.15, -0.1) is 0 Å². The first-order chi connectivity index (χ1) is 16.5. The summed E-state index contributed by atoms with van der Waals surface area (Å²) in [6.07, 6.45) is 3.43. The zero-order chi connectivity index (χ0) is 23.7. The van der Waals surface area contributed by atoms with E-state index in [2.05, 4.69) is 0 Å². The van der Waals surface area contributed by atoms with Gasteiger partial charge in [0.2, 0.25) is 5.88 Å². The molecule has 2 heterocycles. The Morgan fingerprint density at radius 3 is 2.50 bits per heavy atom. The van der Waals surface area contributed by atoms with E-state index in [1.165, 1.54) is 6.26 Å². The van der Waals surface area contributed by atoms with E-state index >= 15 is 0 Å². The van der Waals surface area contributed by atoms with Crippen LogP contribution in [0.25, 0.3) is 5.69 Å². The summed E-state index contributed by atoms with van der Waals surface area (Å²) in [5.74, 6) is 1.84. The molecule has 0 unspecified atom stereocenters. The summed E-state index contributed by atoms with van der Waals surface area (Å²) in [6, 6.07) is 18.4. The molecular weight excluding hydrogens is 454 g/mol. The number of furan rings is 1. The molecule has 0 bridgehead atoms. The average molecular weight is 478 g/mol. The molecule has 0 saturated heterocycles. The molecule has 1 aliphatic rings. The van der Waals surface area contributed by atoms with E-state index in [9.17, 15) is 4.79 Å². The van der Waals surface area contributed by atoms with Gasteiger partial charge in [-0.2, -0.15) is 5.10 Å². The van der Waals surface area contributed by atoms with Crippen molar-refractivity contribution in [2.45, 2.75) is 32.4 Å². The first-order valence-corrected chi connectivity index (χ1v) is 11.4. The molecular formula is C26H24ClN3O4. The summed E-state index contributed by atoms with van der Waals surface area (Å²) in [5.41, 5.74) is 2.37. The van der Waals surface area contributed by atoms with Crippen LogP contribution in [0.5, 0.6) is 17.4 Å². The summed E-state index contributed by atoms with van der Waals surface area (Å²) >= 11 is 6.11. The highest BCUT2D eigenvalue weighted by Gasteiger charge is 2.36. The standard InChI is InChI=1S/C26H24ClN3O4/c1-17-21(16-29(19-13-14-19)25(31)24-8-5-15-33-24)26(34-23-7-4-3-6-22(23)32-2)30(28-17)20-11-9-18(27)10-12-20/h3-12,15,19H,13-14,16H2,1-2H3. The molecule has 0 atom stereocenters. The second-order valence-corrected chi connectivity index (χ2v) is 8.59. The first kappa shape index (κ1) is 22.1. The van der Waals surface area contributed by atoms with E-state index in [0.717, 1.165) is 29.8 Å². The Bertz CT molecular complexity index is 1290. The number of nitrogens with zero attached hydrogens (tertiary/aromatic N) is 3. The molecule has 1 aliphatic carbocycles. The van der Waals surface area contributed by atoms with Crippen molar-refractivity contribution in [3.8, 4) is 23.1 Å². The Balaban J connectivity index is 1.58. The summed E-state index contributed by atoms with van der Waals surface area (Å²) in [5, 5.41) is 5.39. The molecule has 0 radical (unpaired) electrons. The molecule has 7 nitrogen and oxygen atoms in total. The van der Waals surface area contributed by atoms with Crippen LogP contribution < -0.4 is 9.47 Å². The molecule has 1 fully saturated rings. The third kappa shape index (κ3) is 4.39. The SMILES string of the molecule is COc1ccccc1Oc1c(CN(C(=O)c2ccco2)C2CC2)c(C)nn1-c1ccc(Cl)cc1. The molecule has 1 amide bonds. The number of halogens is 1. The van der Waals surface area contributed by atoms with Gasteiger partial charge in [0.05, 0.1) is 36.9 Å². The van der Waals surface area contributed by atoms with Gasteiger partial charge in [0.1, 0.15) is 0 Å². The zero-order valence-electron chi connectivity index (χ0n) is 18.9. The number of ether oxygens (including phenoxy) is 2. The number of para-hydroxylation sites is 2. The van der Waals surface area contributed by atoms with Crippen LogP contribution in [0.4, 0.5) is 0 Å². The van der Waals surface area contributed by atoms with Crippen LogP contribution in [-0.4, -0.2) is 33.7 Å². The minimum absolute atomic E-state index is 0.144. The lowest BCUT2D eigenvalue weighted by Crippen LogP contribution is -2.32. The number of aryl methyl sites for hydroxylation is 1. The van der Waals surface area contributed by atoms with Gasteiger partial charge in [0, 0.05) is 11.1 Å². The maximum absolute atomic E-state index is 13.2. The first-order valence-electron chi connectivity index (χ1n) is 11.0. The Morgan fingerprint density at radius 1 is 1.12 bits per heavy atom. The number of benzene rings is 2. The average Bonchev–Trinajstić information content (AvgIpc) is 3.44. The number of carbonyl (C=O) groups excluding carboxylic acids is 1. The second-order valence-electron chi connectivity index (χ2n) is 8.15. The number of methoxy groups -OCH3 is 1. The van der Waals surface area contributed by atoms with Gasteiger partial charge in [0.25, 0.3) is 5.91 Å². The minimum atomic E-state index is -0.144. The van der Waals surface area contributed by atoms with Gasteiger partial charge in [-0.25, -0.2) is 4.68 Å². The second kappa shape index (κ2) is 9.27. The van der Waals surface area contributed by atoms with Gasteiger partial charge in [0.15, 0.2) is 17.3 Å². The lowest BCUT2D eigenvalue weighted by atomic mass is 10.2. The highest BCUT2D eigenvalue weighted by Crippen LogP contribution is 2.38. The third-order valence-electron chi connectivity index (χ3n) is 5.79. The highest BCUT2D eigenvalue weighted by atomic mass is 35.5. The van der Waals surface area contributed by atoms with Crippen LogP contribution in [0.15, 0.2) is 71.3 Å². The lowest BCUT2D eigenvalue weighted by Gasteiger charge is -2.22. The molecule has 2 aromatic heterocycles. The quantitative estimate of drug-likeness (QED) is 0.310. The fourth-order valence-electron chi connectivity index (χ4n) is 3.85. The smallest absolute Gasteiger partial charge is 0.290 e. The van der Waals surface area contributed by atoms with Gasteiger partial charge in [-0.1, -0.05) is 23.7 Å². The van der Waals surface area contributed by atoms with Crippen molar-refractivity contribution in [3.63, 3.8) is 0 Å². The molecule has 0 N–H and O–H groups in total. The van der Waals surface area contributed by atoms with Crippen molar-refractivity contribution in [1.29, 1.82) is 0 Å². The maximum atomic E-state index is 13.2. The minimum Gasteiger partial charge on any atom is -0.493 e. The van der Waals surface area contributed by atoms with Crippen LogP contribution in [0.3, 0.4) is 0 Å². The molecule has 174 valence electrons. The van der Waals surface area contributed by atoms with Crippen molar-refractivity contribution in [2.24, 2.45) is 0 Å². The number of rotatable bonds is 8. The molecule has 1 saturated carbocycles. The predicted molar refractivity (Wildman–Crippen MR) is 128 cm³/mol. The summed E-state index contributed by atoms with van der Waals surface area (Å²) in [6.45, 7) is 2.26. The summed E-state index contributed by atoms with van der Waals surface area (Å²) in [4.78, 5) is 15.1. The Kier molecular flexibility index (Phi) is 6.02. The number of hydrogen-bond acceptors (Lipinski definition) is 5. The molecule has 0 aliphatic heterocycles. The van der Waals surface area contributed by atoms with Crippen molar-refractivity contribution in [1.82, 2.24) is 14.7 Å². The van der Waals surface area contributed by atoms with Crippen LogP contribution in [0.1, 0.15) is 34.7 Å². The van der Waals surface area contributed by atoms with Crippen LogP contribution in [0.2, 0.25) is 5.02 Å². The number of aromatic nitrogens is 2. The van der Waals surface area contributed by atoms with Gasteiger partial charge < -0.3 is 18.8 Å². The molecule has 4 aromatic rings. The van der Waals surface area contributed by atoms with E-state index in [1.807, 2.05) is 48.2 Å². The molecule has 5 rings (SSSR count). The highest BCUT2D eigenvalue weighted by molar-refractivity contribution is 6.30. The van der Waals surface area contributed by atoms with Crippen LogP contribution >= 0.6 is 11.6 Å². The Morgan fingerprint density at radius 2 is 1.85 bits per heavy atom. The number of carbonyl (C=O) groups is 1.